The summed E-state index contributed by atoms with van der Waals surface area (Å²) in [7, 11) is 0. The van der Waals surface area contributed by atoms with Crippen LogP contribution in [-0.4, -0.2) is 29.2 Å². The Morgan fingerprint density at radius 1 is 1.45 bits per heavy atom. The molecule has 0 aromatic heterocycles. The lowest BCUT2D eigenvalue weighted by molar-refractivity contribution is 0.00757. The zero-order valence-corrected chi connectivity index (χ0v) is 14.7. The third-order valence-corrected chi connectivity index (χ3v) is 4.22. The minimum atomic E-state index is -0.586. The highest BCUT2D eigenvalue weighted by atomic mass is 79.9. The molecule has 0 bridgehead atoms. The predicted molar refractivity (Wildman–Crippen MR) is 87.0 cm³/mol. The van der Waals surface area contributed by atoms with Crippen LogP contribution in [0.2, 0.25) is 0 Å². The largest absolute Gasteiger partial charge is 0.444 e. The summed E-state index contributed by atoms with van der Waals surface area (Å²) in [6.45, 7) is 5.91. The van der Waals surface area contributed by atoms with Crippen LogP contribution in [0.15, 0.2) is 22.7 Å². The molecular formula is C16H22BrFN2O2. The molecule has 6 heteroatoms. The summed E-state index contributed by atoms with van der Waals surface area (Å²) in [6.07, 6.45) is 0.779. The summed E-state index contributed by atoms with van der Waals surface area (Å²) in [5, 5.41) is 0. The molecule has 2 N–H and O–H groups in total. The number of ether oxygens (including phenoxy) is 1. The summed E-state index contributed by atoms with van der Waals surface area (Å²) in [5.74, 6) is -0.352. The van der Waals surface area contributed by atoms with Crippen LogP contribution in [0.25, 0.3) is 0 Å². The van der Waals surface area contributed by atoms with Crippen LogP contribution in [0.4, 0.5) is 9.18 Å². The van der Waals surface area contributed by atoms with Crippen molar-refractivity contribution >= 4 is 22.0 Å². The Morgan fingerprint density at radius 3 is 2.77 bits per heavy atom. The Morgan fingerprint density at radius 2 is 2.14 bits per heavy atom. The molecule has 1 saturated heterocycles. The first-order valence-corrected chi connectivity index (χ1v) is 8.17. The first-order valence-electron chi connectivity index (χ1n) is 7.38. The first-order chi connectivity index (χ1) is 10.2. The monoisotopic (exact) mass is 372 g/mol. The third-order valence-electron chi connectivity index (χ3n) is 3.61. The van der Waals surface area contributed by atoms with Crippen molar-refractivity contribution in [1.29, 1.82) is 0 Å². The summed E-state index contributed by atoms with van der Waals surface area (Å²) in [6, 6.07) is 4.63. The predicted octanol–water partition coefficient (Wildman–Crippen LogP) is 3.99. The minimum Gasteiger partial charge on any atom is -0.444 e. The number of carbonyl (C=O) groups excluding carboxylic acids is 1. The summed E-state index contributed by atoms with van der Waals surface area (Å²) >= 11 is 3.19. The van der Waals surface area contributed by atoms with E-state index >= 15 is 0 Å². The zero-order chi connectivity index (χ0) is 16.5. The lowest BCUT2D eigenvalue weighted by atomic mass is 9.92. The molecule has 0 radical (unpaired) electrons. The average molecular weight is 373 g/mol. The van der Waals surface area contributed by atoms with Gasteiger partial charge in [-0.2, -0.15) is 0 Å². The lowest BCUT2D eigenvalue weighted by Gasteiger charge is -2.39. The maximum absolute atomic E-state index is 14.4. The quantitative estimate of drug-likeness (QED) is 0.810. The number of amides is 1. The number of nitrogens with zero attached hydrogens (tertiary/aromatic N) is 1. The van der Waals surface area contributed by atoms with Gasteiger partial charge in [0.1, 0.15) is 11.4 Å². The Hall–Kier alpha value is -1.14. The highest BCUT2D eigenvalue weighted by Crippen LogP contribution is 2.35. The smallest absolute Gasteiger partial charge is 0.410 e. The van der Waals surface area contributed by atoms with Gasteiger partial charge >= 0.3 is 6.09 Å². The molecule has 2 atom stereocenters. The van der Waals surface area contributed by atoms with E-state index in [2.05, 4.69) is 15.9 Å². The Balaban J connectivity index is 2.31. The summed E-state index contributed by atoms with van der Waals surface area (Å²) in [4.78, 5) is 14.0. The van der Waals surface area contributed by atoms with E-state index in [0.29, 0.717) is 29.4 Å². The number of piperidine rings is 1. The summed E-state index contributed by atoms with van der Waals surface area (Å²) in [5.41, 5.74) is 5.91. The fraction of sp³-hybridized carbons (Fsp3) is 0.562. The van der Waals surface area contributed by atoms with Crippen molar-refractivity contribution in [3.8, 4) is 0 Å². The lowest BCUT2D eigenvalue weighted by Crippen LogP contribution is -2.47. The molecule has 1 aliphatic heterocycles. The highest BCUT2D eigenvalue weighted by molar-refractivity contribution is 9.10. The van der Waals surface area contributed by atoms with E-state index in [9.17, 15) is 9.18 Å². The molecule has 1 heterocycles. The van der Waals surface area contributed by atoms with Crippen LogP contribution in [0.5, 0.6) is 0 Å². The molecule has 1 aliphatic rings. The van der Waals surface area contributed by atoms with Crippen molar-refractivity contribution in [2.75, 3.05) is 6.54 Å². The van der Waals surface area contributed by atoms with Gasteiger partial charge in [0.05, 0.1) is 10.5 Å². The normalized spacial score (nSPS) is 22.5. The molecule has 0 spiro atoms. The van der Waals surface area contributed by atoms with Gasteiger partial charge in [0.25, 0.3) is 0 Å². The fourth-order valence-corrected chi connectivity index (χ4v) is 2.99. The Kier molecular flexibility index (Phi) is 5.12. The van der Waals surface area contributed by atoms with E-state index < -0.39 is 17.7 Å². The molecule has 0 saturated carbocycles. The van der Waals surface area contributed by atoms with Crippen LogP contribution in [0.3, 0.4) is 0 Å². The number of benzene rings is 1. The van der Waals surface area contributed by atoms with Crippen molar-refractivity contribution in [1.82, 2.24) is 4.90 Å². The van der Waals surface area contributed by atoms with Gasteiger partial charge in [0.15, 0.2) is 0 Å². The second-order valence-electron chi connectivity index (χ2n) is 6.62. The molecule has 2 unspecified atom stereocenters. The molecule has 22 heavy (non-hydrogen) atoms. The molecule has 0 aliphatic carbocycles. The first kappa shape index (κ1) is 17.2. The van der Waals surface area contributed by atoms with E-state index in [4.69, 9.17) is 10.5 Å². The Labute approximate surface area is 138 Å². The number of hydrogen-bond donors (Lipinski definition) is 1. The van der Waals surface area contributed by atoms with Crippen LogP contribution in [-0.2, 0) is 4.74 Å². The van der Waals surface area contributed by atoms with E-state index in [0.717, 1.165) is 0 Å². The number of hydrogen-bond acceptors (Lipinski definition) is 3. The highest BCUT2D eigenvalue weighted by Gasteiger charge is 2.35. The van der Waals surface area contributed by atoms with Gasteiger partial charge in [-0.1, -0.05) is 12.1 Å². The van der Waals surface area contributed by atoms with Crippen molar-refractivity contribution < 1.29 is 13.9 Å². The van der Waals surface area contributed by atoms with Crippen LogP contribution >= 0.6 is 15.9 Å². The second kappa shape index (κ2) is 6.54. The molecular weight excluding hydrogens is 351 g/mol. The van der Waals surface area contributed by atoms with Crippen molar-refractivity contribution in [3.05, 3.63) is 34.1 Å². The average Bonchev–Trinajstić information content (AvgIpc) is 2.39. The standard InChI is InChI=1S/C16H22BrFN2O2/c1-16(2,3)22-15(21)20-8-7-10(19)9-13(20)11-5-4-6-12(17)14(11)18/h4-6,10,13H,7-9,19H2,1-3H3. The van der Waals surface area contributed by atoms with Crippen LogP contribution in [0.1, 0.15) is 45.2 Å². The topological polar surface area (TPSA) is 55.6 Å². The van der Waals surface area contributed by atoms with Crippen molar-refractivity contribution in [3.63, 3.8) is 0 Å². The number of nitrogens with two attached hydrogens (primary N) is 1. The molecule has 122 valence electrons. The van der Waals surface area contributed by atoms with Crippen molar-refractivity contribution in [2.45, 2.75) is 51.3 Å². The van der Waals surface area contributed by atoms with Crippen molar-refractivity contribution in [2.24, 2.45) is 5.73 Å². The van der Waals surface area contributed by atoms with Gasteiger partial charge in [0, 0.05) is 18.2 Å². The maximum Gasteiger partial charge on any atom is 0.410 e. The second-order valence-corrected chi connectivity index (χ2v) is 7.47. The van der Waals surface area contributed by atoms with Gasteiger partial charge in [-0.25, -0.2) is 9.18 Å². The third kappa shape index (κ3) is 3.98. The van der Waals surface area contributed by atoms with Gasteiger partial charge < -0.3 is 15.4 Å². The molecule has 1 aromatic carbocycles. The molecule has 1 fully saturated rings. The van der Waals surface area contributed by atoms with E-state index in [1.165, 1.54) is 0 Å². The summed E-state index contributed by atoms with van der Waals surface area (Å²) < 4.78 is 20.3. The van der Waals surface area contributed by atoms with E-state index in [1.807, 2.05) is 20.8 Å². The van der Waals surface area contributed by atoms with E-state index in [1.54, 1.807) is 23.1 Å². The minimum absolute atomic E-state index is 0.0536. The molecule has 4 nitrogen and oxygen atoms in total. The van der Waals surface area contributed by atoms with E-state index in [-0.39, 0.29) is 11.9 Å². The number of rotatable bonds is 1. The van der Waals surface area contributed by atoms with Gasteiger partial charge in [-0.05, 0) is 55.6 Å². The van der Waals surface area contributed by atoms with Gasteiger partial charge in [-0.15, -0.1) is 0 Å². The number of carbonyl (C=O) groups is 1. The fourth-order valence-electron chi connectivity index (χ4n) is 2.60. The number of likely N-dealkylation sites (tertiary alicyclic amines) is 1. The zero-order valence-electron chi connectivity index (χ0n) is 13.1. The SMILES string of the molecule is CC(C)(C)OC(=O)N1CCC(N)CC1c1cccc(Br)c1F. The van der Waals surface area contributed by atoms with Gasteiger partial charge in [0.2, 0.25) is 0 Å². The van der Waals surface area contributed by atoms with Crippen LogP contribution < -0.4 is 5.73 Å². The molecule has 1 amide bonds. The maximum atomic E-state index is 14.4. The Bertz CT molecular complexity index is 560. The van der Waals surface area contributed by atoms with Gasteiger partial charge in [-0.3, -0.25) is 0 Å². The number of halogens is 2. The van der Waals surface area contributed by atoms with Crippen LogP contribution in [0, 0.1) is 5.82 Å². The molecule has 1 aromatic rings. The molecule has 2 rings (SSSR count).